The maximum Gasteiger partial charge on any atom is 0.332 e. The summed E-state index contributed by atoms with van der Waals surface area (Å²) in [6, 6.07) is 0. The van der Waals surface area contributed by atoms with E-state index in [0.717, 1.165) is 9.13 Å². The summed E-state index contributed by atoms with van der Waals surface area (Å²) < 4.78 is 8.08. The van der Waals surface area contributed by atoms with Gasteiger partial charge in [0.1, 0.15) is 0 Å². The van der Waals surface area contributed by atoms with E-state index >= 15 is 0 Å². The van der Waals surface area contributed by atoms with Crippen molar-refractivity contribution in [1.29, 1.82) is 0 Å². The highest BCUT2D eigenvalue weighted by Gasteiger charge is 2.12. The molecule has 148 valence electrons. The van der Waals surface area contributed by atoms with Crippen LogP contribution in [0.25, 0.3) is 22.3 Å². The first-order chi connectivity index (χ1) is 13.1. The molecular formula is C16H20N8O4. The van der Waals surface area contributed by atoms with E-state index in [4.69, 9.17) is 0 Å². The number of hydrogen-bond donors (Lipinski definition) is 0. The third kappa shape index (κ3) is 2.61. The van der Waals surface area contributed by atoms with Gasteiger partial charge in [0.25, 0.3) is 11.1 Å². The molecule has 0 aliphatic heterocycles. The smallest absolute Gasteiger partial charge is 0.328 e. The molecular weight excluding hydrogens is 368 g/mol. The number of fused-ring (bicyclic) bond motifs is 2. The van der Waals surface area contributed by atoms with E-state index in [1.165, 1.54) is 35.9 Å². The number of aromatic nitrogens is 8. The van der Waals surface area contributed by atoms with Crippen molar-refractivity contribution >= 4 is 22.3 Å². The Kier molecular flexibility index (Phi) is 4.41. The monoisotopic (exact) mass is 388 g/mol. The van der Waals surface area contributed by atoms with E-state index in [-0.39, 0.29) is 22.5 Å². The Morgan fingerprint density at radius 3 is 1.21 bits per heavy atom. The molecule has 4 aromatic heterocycles. The Labute approximate surface area is 157 Å². The van der Waals surface area contributed by atoms with Gasteiger partial charge in [-0.25, -0.2) is 19.6 Å². The zero-order chi connectivity index (χ0) is 20.9. The van der Waals surface area contributed by atoms with Crippen LogP contribution >= 0.6 is 0 Å². The molecule has 28 heavy (non-hydrogen) atoms. The van der Waals surface area contributed by atoms with Gasteiger partial charge in [0.15, 0.2) is 22.3 Å². The summed E-state index contributed by atoms with van der Waals surface area (Å²) in [5.74, 6) is 0. The highest BCUT2D eigenvalue weighted by molar-refractivity contribution is 5.70. The molecule has 0 bridgehead atoms. The third-order valence-electron chi connectivity index (χ3n) is 4.63. The summed E-state index contributed by atoms with van der Waals surface area (Å²) in [7, 11) is 9.55. The van der Waals surface area contributed by atoms with E-state index in [0.29, 0.717) is 22.3 Å². The molecule has 12 nitrogen and oxygen atoms in total. The lowest BCUT2D eigenvalue weighted by molar-refractivity contribution is 0.705. The van der Waals surface area contributed by atoms with Crippen molar-refractivity contribution in [2.45, 2.75) is 0 Å². The maximum absolute atomic E-state index is 11.7. The quantitative estimate of drug-likeness (QED) is 0.341. The van der Waals surface area contributed by atoms with Gasteiger partial charge >= 0.3 is 11.4 Å². The molecule has 0 amide bonds. The predicted molar refractivity (Wildman–Crippen MR) is 102 cm³/mol. The van der Waals surface area contributed by atoms with E-state index < -0.39 is 0 Å². The first-order valence-electron chi connectivity index (χ1n) is 8.22. The Morgan fingerprint density at radius 2 is 0.893 bits per heavy atom. The molecule has 0 fully saturated rings. The molecule has 0 aliphatic carbocycles. The molecule has 4 aromatic rings. The van der Waals surface area contributed by atoms with Gasteiger partial charge in [0.05, 0.1) is 12.7 Å². The van der Waals surface area contributed by atoms with Crippen molar-refractivity contribution in [1.82, 2.24) is 37.4 Å². The van der Waals surface area contributed by atoms with E-state index in [1.54, 1.807) is 37.3 Å². The molecule has 0 aromatic carbocycles. The standard InChI is InChI=1S/2C8H10N4O2/c2*1-10-4-9-6-5(10)7(13)12(3)8(14)11(6)2/h2*4H,1-3H3. The fourth-order valence-corrected chi connectivity index (χ4v) is 2.94. The highest BCUT2D eigenvalue weighted by atomic mass is 16.2. The molecule has 4 rings (SSSR count). The molecule has 0 saturated heterocycles. The average molecular weight is 388 g/mol. The molecule has 0 unspecified atom stereocenters. The molecule has 0 atom stereocenters. The first-order valence-corrected chi connectivity index (χ1v) is 8.22. The van der Waals surface area contributed by atoms with Crippen LogP contribution in [0.5, 0.6) is 0 Å². The Balaban J connectivity index is 0.000000161. The van der Waals surface area contributed by atoms with Crippen molar-refractivity contribution < 1.29 is 0 Å². The topological polar surface area (TPSA) is 124 Å². The second kappa shape index (κ2) is 6.48. The molecule has 0 aliphatic rings. The van der Waals surface area contributed by atoms with E-state index in [2.05, 4.69) is 9.97 Å². The van der Waals surface area contributed by atoms with Gasteiger partial charge in [-0.3, -0.25) is 27.9 Å². The Bertz CT molecular complexity index is 1350. The number of rotatable bonds is 0. The normalized spacial score (nSPS) is 11.1. The minimum atomic E-state index is -0.360. The van der Waals surface area contributed by atoms with Crippen molar-refractivity contribution in [3.63, 3.8) is 0 Å². The third-order valence-corrected chi connectivity index (χ3v) is 4.63. The van der Waals surface area contributed by atoms with Gasteiger partial charge in [-0.05, 0) is 0 Å². The number of hydrogen-bond acceptors (Lipinski definition) is 6. The molecule has 0 N–H and O–H groups in total. The summed E-state index contributed by atoms with van der Waals surface area (Å²) in [6.07, 6.45) is 3.04. The molecule has 12 heteroatoms. The van der Waals surface area contributed by atoms with Gasteiger partial charge in [0.2, 0.25) is 0 Å². The number of nitrogens with zero attached hydrogens (tertiary/aromatic N) is 8. The Morgan fingerprint density at radius 1 is 0.571 bits per heavy atom. The summed E-state index contributed by atoms with van der Waals surface area (Å²) in [4.78, 5) is 54.3. The van der Waals surface area contributed by atoms with Crippen LogP contribution in [0.15, 0.2) is 31.8 Å². The van der Waals surface area contributed by atoms with Crippen LogP contribution in [0, 0.1) is 0 Å². The molecule has 4 heterocycles. The summed E-state index contributed by atoms with van der Waals surface area (Å²) in [6.45, 7) is 0. The van der Waals surface area contributed by atoms with Gasteiger partial charge < -0.3 is 9.13 Å². The Hall–Kier alpha value is -3.70. The summed E-state index contributed by atoms with van der Waals surface area (Å²) in [5, 5.41) is 0. The van der Waals surface area contributed by atoms with Crippen LogP contribution in [-0.2, 0) is 42.3 Å². The van der Waals surface area contributed by atoms with Crippen LogP contribution < -0.4 is 22.5 Å². The highest BCUT2D eigenvalue weighted by Crippen LogP contribution is 2.02. The summed E-state index contributed by atoms with van der Waals surface area (Å²) >= 11 is 0. The van der Waals surface area contributed by atoms with Crippen molar-refractivity contribution in [2.75, 3.05) is 0 Å². The molecule has 0 spiro atoms. The maximum atomic E-state index is 11.7. The lowest BCUT2D eigenvalue weighted by Crippen LogP contribution is -2.37. The fourth-order valence-electron chi connectivity index (χ4n) is 2.94. The van der Waals surface area contributed by atoms with Crippen LogP contribution in [0.3, 0.4) is 0 Å². The van der Waals surface area contributed by atoms with Crippen LogP contribution in [0.4, 0.5) is 0 Å². The zero-order valence-electron chi connectivity index (χ0n) is 16.4. The zero-order valence-corrected chi connectivity index (χ0v) is 16.4. The van der Waals surface area contributed by atoms with E-state index in [1.807, 2.05) is 0 Å². The summed E-state index contributed by atoms with van der Waals surface area (Å²) in [5.41, 5.74) is 0.360. The minimum Gasteiger partial charge on any atom is -0.328 e. The van der Waals surface area contributed by atoms with Gasteiger partial charge in [-0.2, -0.15) is 0 Å². The largest absolute Gasteiger partial charge is 0.332 e. The fraction of sp³-hybridized carbons (Fsp3) is 0.375. The second-order valence-corrected chi connectivity index (χ2v) is 6.47. The van der Waals surface area contributed by atoms with Crippen LogP contribution in [0.2, 0.25) is 0 Å². The van der Waals surface area contributed by atoms with E-state index in [9.17, 15) is 19.2 Å². The van der Waals surface area contributed by atoms with Gasteiger partial charge in [0, 0.05) is 42.3 Å². The van der Waals surface area contributed by atoms with Gasteiger partial charge in [-0.15, -0.1) is 0 Å². The SMILES string of the molecule is Cn1c(=O)c2c(ncn2C)n(C)c1=O.Cn1c(=O)c2c(ncn2C)n(C)c1=O. The lowest BCUT2D eigenvalue weighted by atomic mass is 10.5. The average Bonchev–Trinajstić information content (AvgIpc) is 3.25. The van der Waals surface area contributed by atoms with Crippen LogP contribution in [-0.4, -0.2) is 37.4 Å². The molecule has 0 radical (unpaired) electrons. The number of aryl methyl sites for hydroxylation is 4. The van der Waals surface area contributed by atoms with Crippen molar-refractivity contribution in [2.24, 2.45) is 42.3 Å². The lowest BCUT2D eigenvalue weighted by Gasteiger charge is -2.02. The predicted octanol–water partition coefficient (Wildman–Crippen LogP) is -2.06. The number of imidazole rings is 2. The van der Waals surface area contributed by atoms with Crippen molar-refractivity contribution in [3.8, 4) is 0 Å². The molecule has 0 saturated carbocycles. The second-order valence-electron chi connectivity index (χ2n) is 6.47. The van der Waals surface area contributed by atoms with Crippen LogP contribution in [0.1, 0.15) is 0 Å². The van der Waals surface area contributed by atoms with Crippen molar-refractivity contribution in [3.05, 3.63) is 54.3 Å². The minimum absolute atomic E-state index is 0.317. The van der Waals surface area contributed by atoms with Gasteiger partial charge in [-0.1, -0.05) is 0 Å². The first kappa shape index (κ1) is 19.1.